The molecular formula is C27H22F3NOS. The van der Waals surface area contributed by atoms with Crippen molar-refractivity contribution in [2.24, 2.45) is 0 Å². The summed E-state index contributed by atoms with van der Waals surface area (Å²) in [6, 6.07) is 25.3. The molecule has 1 aromatic heterocycles. The Morgan fingerprint density at radius 1 is 0.879 bits per heavy atom. The van der Waals surface area contributed by atoms with Gasteiger partial charge in [-0.2, -0.15) is 13.2 Å². The normalized spacial score (nSPS) is 11.5. The van der Waals surface area contributed by atoms with Crippen LogP contribution >= 0.6 is 11.3 Å². The Balaban J connectivity index is 1.85. The van der Waals surface area contributed by atoms with Gasteiger partial charge in [-0.15, -0.1) is 11.3 Å². The third kappa shape index (κ3) is 5.17. The standard InChI is InChI=1S/C27H22F3NOS/c1-19-15-16-33-24(19)18-31(26(32)22-13-8-14-23(17-22)27(28,29)30)25(20-9-4-2-5-10-20)21-11-6-3-7-12-21/h2-17,25H,18H2,1H3. The summed E-state index contributed by atoms with van der Waals surface area (Å²) < 4.78 is 40.1. The van der Waals surface area contributed by atoms with E-state index in [9.17, 15) is 18.0 Å². The Kier molecular flexibility index (Phi) is 6.65. The van der Waals surface area contributed by atoms with Gasteiger partial charge in [0, 0.05) is 10.4 Å². The van der Waals surface area contributed by atoms with E-state index >= 15 is 0 Å². The molecule has 4 rings (SSSR count). The van der Waals surface area contributed by atoms with Crippen molar-refractivity contribution in [2.75, 3.05) is 0 Å². The Bertz CT molecular complexity index is 1180. The zero-order chi connectivity index (χ0) is 23.4. The number of hydrogen-bond acceptors (Lipinski definition) is 2. The fourth-order valence-corrected chi connectivity index (χ4v) is 4.72. The maximum Gasteiger partial charge on any atom is 0.416 e. The number of hydrogen-bond donors (Lipinski definition) is 0. The molecule has 0 unspecified atom stereocenters. The average Bonchev–Trinajstić information content (AvgIpc) is 3.23. The zero-order valence-corrected chi connectivity index (χ0v) is 18.7. The van der Waals surface area contributed by atoms with Crippen molar-refractivity contribution >= 4 is 17.2 Å². The van der Waals surface area contributed by atoms with Crippen LogP contribution in [0.25, 0.3) is 0 Å². The van der Waals surface area contributed by atoms with Crippen LogP contribution in [0.15, 0.2) is 96.4 Å². The summed E-state index contributed by atoms with van der Waals surface area (Å²) in [5.41, 5.74) is 1.99. The van der Waals surface area contributed by atoms with Crippen LogP contribution in [0.2, 0.25) is 0 Å². The van der Waals surface area contributed by atoms with Crippen molar-refractivity contribution in [2.45, 2.75) is 25.7 Å². The summed E-state index contributed by atoms with van der Waals surface area (Å²) in [6.07, 6.45) is -4.52. The van der Waals surface area contributed by atoms with Gasteiger partial charge in [-0.1, -0.05) is 66.7 Å². The van der Waals surface area contributed by atoms with Gasteiger partial charge in [-0.3, -0.25) is 4.79 Å². The zero-order valence-electron chi connectivity index (χ0n) is 17.9. The van der Waals surface area contributed by atoms with Gasteiger partial charge in [0.1, 0.15) is 0 Å². The molecule has 0 aliphatic rings. The molecule has 0 saturated heterocycles. The highest BCUT2D eigenvalue weighted by Gasteiger charge is 2.33. The monoisotopic (exact) mass is 465 g/mol. The minimum atomic E-state index is -4.52. The molecule has 168 valence electrons. The number of halogens is 3. The first-order valence-electron chi connectivity index (χ1n) is 10.5. The Hall–Kier alpha value is -3.38. The van der Waals surface area contributed by atoms with Gasteiger partial charge in [0.2, 0.25) is 0 Å². The summed E-state index contributed by atoms with van der Waals surface area (Å²) in [6.45, 7) is 2.26. The molecule has 1 heterocycles. The van der Waals surface area contributed by atoms with Gasteiger partial charge < -0.3 is 4.90 Å². The first-order valence-corrected chi connectivity index (χ1v) is 11.3. The molecule has 0 fully saturated rings. The molecule has 6 heteroatoms. The summed E-state index contributed by atoms with van der Waals surface area (Å²) >= 11 is 1.53. The lowest BCUT2D eigenvalue weighted by Crippen LogP contribution is -2.35. The van der Waals surface area contributed by atoms with E-state index in [2.05, 4.69) is 0 Å². The maximum atomic E-state index is 13.8. The molecule has 0 radical (unpaired) electrons. The number of aryl methyl sites for hydroxylation is 1. The Labute approximate surface area is 194 Å². The van der Waals surface area contributed by atoms with Crippen LogP contribution in [0.4, 0.5) is 13.2 Å². The molecule has 4 aromatic rings. The highest BCUT2D eigenvalue weighted by Crippen LogP contribution is 2.34. The fraction of sp³-hybridized carbons (Fsp3) is 0.148. The molecule has 3 aromatic carbocycles. The molecular weight excluding hydrogens is 443 g/mol. The van der Waals surface area contributed by atoms with Crippen molar-refractivity contribution in [1.82, 2.24) is 4.90 Å². The van der Waals surface area contributed by atoms with Crippen molar-refractivity contribution in [3.05, 3.63) is 129 Å². The van der Waals surface area contributed by atoms with E-state index in [4.69, 9.17) is 0 Å². The van der Waals surface area contributed by atoms with Crippen LogP contribution in [-0.2, 0) is 12.7 Å². The number of nitrogens with zero attached hydrogens (tertiary/aromatic N) is 1. The summed E-state index contributed by atoms with van der Waals surface area (Å²) in [5, 5.41) is 1.96. The molecule has 0 aliphatic heterocycles. The second kappa shape index (κ2) is 9.63. The van der Waals surface area contributed by atoms with E-state index in [0.717, 1.165) is 33.7 Å². The van der Waals surface area contributed by atoms with E-state index in [1.807, 2.05) is 79.0 Å². The minimum absolute atomic E-state index is 0.0101. The Morgan fingerprint density at radius 2 is 1.48 bits per heavy atom. The molecule has 33 heavy (non-hydrogen) atoms. The molecule has 0 atom stereocenters. The number of carbonyl (C=O) groups is 1. The third-order valence-electron chi connectivity index (χ3n) is 5.52. The van der Waals surface area contributed by atoms with Crippen LogP contribution in [0.3, 0.4) is 0 Å². The van der Waals surface area contributed by atoms with Gasteiger partial charge in [0.25, 0.3) is 5.91 Å². The van der Waals surface area contributed by atoms with Crippen molar-refractivity contribution in [1.29, 1.82) is 0 Å². The highest BCUT2D eigenvalue weighted by atomic mass is 32.1. The van der Waals surface area contributed by atoms with Crippen molar-refractivity contribution < 1.29 is 18.0 Å². The molecule has 1 amide bonds. The van der Waals surface area contributed by atoms with E-state index < -0.39 is 23.7 Å². The molecule has 0 N–H and O–H groups in total. The molecule has 0 aliphatic carbocycles. The maximum absolute atomic E-state index is 13.8. The van der Waals surface area contributed by atoms with Gasteiger partial charge in [0.15, 0.2) is 0 Å². The minimum Gasteiger partial charge on any atom is -0.322 e. The summed E-state index contributed by atoms with van der Waals surface area (Å²) in [5.74, 6) is -0.452. The Morgan fingerprint density at radius 3 is 2.00 bits per heavy atom. The molecule has 2 nitrogen and oxygen atoms in total. The smallest absolute Gasteiger partial charge is 0.322 e. The van der Waals surface area contributed by atoms with E-state index in [0.29, 0.717) is 0 Å². The van der Waals surface area contributed by atoms with Gasteiger partial charge in [0.05, 0.1) is 18.2 Å². The number of carbonyl (C=O) groups excluding carboxylic acids is 1. The third-order valence-corrected chi connectivity index (χ3v) is 6.53. The second-order valence-corrected chi connectivity index (χ2v) is 8.76. The van der Waals surface area contributed by atoms with Crippen molar-refractivity contribution in [3.8, 4) is 0 Å². The van der Waals surface area contributed by atoms with Crippen molar-refractivity contribution in [3.63, 3.8) is 0 Å². The van der Waals surface area contributed by atoms with Crippen LogP contribution in [-0.4, -0.2) is 10.8 Å². The van der Waals surface area contributed by atoms with Crippen LogP contribution < -0.4 is 0 Å². The van der Waals surface area contributed by atoms with Crippen LogP contribution in [0.1, 0.15) is 43.5 Å². The molecule has 0 spiro atoms. The van der Waals surface area contributed by atoms with E-state index in [1.165, 1.54) is 23.5 Å². The number of amides is 1. The molecule has 0 saturated carbocycles. The summed E-state index contributed by atoms with van der Waals surface area (Å²) in [4.78, 5) is 16.5. The van der Waals surface area contributed by atoms with E-state index in [-0.39, 0.29) is 12.1 Å². The second-order valence-electron chi connectivity index (χ2n) is 7.76. The predicted octanol–water partition coefficient (Wildman–Crippen LogP) is 7.51. The molecule has 0 bridgehead atoms. The van der Waals surface area contributed by atoms with Gasteiger partial charge in [-0.25, -0.2) is 0 Å². The quantitative estimate of drug-likeness (QED) is 0.289. The first kappa shape index (κ1) is 22.8. The summed E-state index contributed by atoms with van der Waals surface area (Å²) in [7, 11) is 0. The topological polar surface area (TPSA) is 20.3 Å². The van der Waals surface area contributed by atoms with E-state index in [1.54, 1.807) is 4.90 Å². The first-order chi connectivity index (χ1) is 15.8. The lowest BCUT2D eigenvalue weighted by atomic mass is 9.95. The van der Waals surface area contributed by atoms with Gasteiger partial charge in [-0.05, 0) is 53.3 Å². The lowest BCUT2D eigenvalue weighted by molar-refractivity contribution is -0.137. The largest absolute Gasteiger partial charge is 0.416 e. The number of benzene rings is 3. The number of rotatable bonds is 6. The fourth-order valence-electron chi connectivity index (χ4n) is 3.82. The number of alkyl halides is 3. The SMILES string of the molecule is Cc1ccsc1CN(C(=O)c1cccc(C(F)(F)F)c1)C(c1ccccc1)c1ccccc1. The lowest BCUT2D eigenvalue weighted by Gasteiger charge is -2.33. The van der Waals surface area contributed by atoms with Gasteiger partial charge >= 0.3 is 6.18 Å². The number of thiophene rings is 1. The van der Waals surface area contributed by atoms with Crippen LogP contribution in [0.5, 0.6) is 0 Å². The predicted molar refractivity (Wildman–Crippen MR) is 125 cm³/mol. The van der Waals surface area contributed by atoms with Crippen LogP contribution in [0, 0.1) is 6.92 Å². The highest BCUT2D eigenvalue weighted by molar-refractivity contribution is 7.10. The average molecular weight is 466 g/mol.